The molecule has 2 rings (SSSR count). The van der Waals surface area contributed by atoms with Crippen LogP contribution in [-0.2, 0) is 0 Å². The van der Waals surface area contributed by atoms with Gasteiger partial charge in [0, 0.05) is 17.8 Å². The molecule has 0 amide bonds. The third kappa shape index (κ3) is 3.75. The lowest BCUT2D eigenvalue weighted by molar-refractivity contribution is -0.274. The molecule has 0 unspecified atom stereocenters. The van der Waals surface area contributed by atoms with Crippen molar-refractivity contribution in [3.05, 3.63) is 41.1 Å². The average Bonchev–Trinajstić information content (AvgIpc) is 2.92. The summed E-state index contributed by atoms with van der Waals surface area (Å²) in [5.41, 5.74) is 0.720. The Bertz CT molecular complexity index is 605. The van der Waals surface area contributed by atoms with Gasteiger partial charge >= 0.3 is 6.36 Å². The molecule has 0 aliphatic carbocycles. The van der Waals surface area contributed by atoms with E-state index in [2.05, 4.69) is 10.1 Å². The molecule has 1 aromatic rings. The maximum absolute atomic E-state index is 12.2. The quantitative estimate of drug-likeness (QED) is 0.529. The van der Waals surface area contributed by atoms with Gasteiger partial charge in [0.05, 0.1) is 0 Å². The molecule has 4 nitrogen and oxygen atoms in total. The monoisotopic (exact) mass is 296 g/mol. The average molecular weight is 296 g/mol. The Kier molecular flexibility index (Phi) is 4.17. The normalized spacial score (nSPS) is 16.9. The lowest BCUT2D eigenvalue weighted by Crippen LogP contribution is -2.17. The second kappa shape index (κ2) is 5.87. The fourth-order valence-electron chi connectivity index (χ4n) is 2.01. The second-order valence-corrected chi connectivity index (χ2v) is 4.40. The number of nitriles is 1. The highest BCUT2D eigenvalue weighted by molar-refractivity contribution is 6.11. The zero-order chi connectivity index (χ0) is 15.5. The van der Waals surface area contributed by atoms with Crippen molar-refractivity contribution in [2.75, 3.05) is 6.54 Å². The molecule has 0 radical (unpaired) electrons. The van der Waals surface area contributed by atoms with Crippen LogP contribution in [0.1, 0.15) is 23.2 Å². The SMILES string of the molecule is N#C/C(C(=O)c1ccc(OC(F)(F)F)cc1)=C1\CCCN1. The number of carbonyl (C=O) groups is 1. The molecule has 0 bridgehead atoms. The van der Waals surface area contributed by atoms with E-state index in [9.17, 15) is 18.0 Å². The molecule has 0 aromatic heterocycles. The summed E-state index contributed by atoms with van der Waals surface area (Å²) in [4.78, 5) is 12.2. The van der Waals surface area contributed by atoms with Crippen molar-refractivity contribution >= 4 is 5.78 Å². The highest BCUT2D eigenvalue weighted by atomic mass is 19.4. The van der Waals surface area contributed by atoms with E-state index in [1.807, 2.05) is 6.07 Å². The van der Waals surface area contributed by atoms with Gasteiger partial charge in [0.15, 0.2) is 0 Å². The van der Waals surface area contributed by atoms with Crippen LogP contribution in [0, 0.1) is 11.3 Å². The molecule has 1 aromatic carbocycles. The van der Waals surface area contributed by atoms with Crippen molar-refractivity contribution < 1.29 is 22.7 Å². The Morgan fingerprint density at radius 1 is 1.29 bits per heavy atom. The van der Waals surface area contributed by atoms with Crippen LogP contribution < -0.4 is 10.1 Å². The smallest absolute Gasteiger partial charge is 0.406 e. The number of allylic oxidation sites excluding steroid dienone is 2. The number of nitrogens with one attached hydrogen (secondary N) is 1. The zero-order valence-electron chi connectivity index (χ0n) is 10.8. The molecule has 0 atom stereocenters. The Morgan fingerprint density at radius 3 is 2.43 bits per heavy atom. The number of rotatable bonds is 3. The highest BCUT2D eigenvalue weighted by Crippen LogP contribution is 2.24. The summed E-state index contributed by atoms with van der Waals surface area (Å²) >= 11 is 0. The van der Waals surface area contributed by atoms with Gasteiger partial charge in [-0.15, -0.1) is 13.2 Å². The lowest BCUT2D eigenvalue weighted by Gasteiger charge is -2.09. The largest absolute Gasteiger partial charge is 0.573 e. The second-order valence-electron chi connectivity index (χ2n) is 4.40. The fraction of sp³-hybridized carbons (Fsp3) is 0.286. The van der Waals surface area contributed by atoms with Gasteiger partial charge in [-0.25, -0.2) is 0 Å². The van der Waals surface area contributed by atoms with E-state index in [1.165, 1.54) is 12.1 Å². The van der Waals surface area contributed by atoms with Crippen molar-refractivity contribution in [1.29, 1.82) is 5.26 Å². The van der Waals surface area contributed by atoms with Crippen LogP contribution in [0.5, 0.6) is 5.75 Å². The number of benzene rings is 1. The number of nitrogens with zero attached hydrogens (tertiary/aromatic N) is 1. The van der Waals surface area contributed by atoms with E-state index in [4.69, 9.17) is 5.26 Å². The number of carbonyl (C=O) groups excluding carboxylic acids is 1. The molecule has 110 valence electrons. The van der Waals surface area contributed by atoms with Gasteiger partial charge in [-0.1, -0.05) is 0 Å². The standard InChI is InChI=1S/C14H11F3N2O2/c15-14(16,17)21-10-5-3-9(4-6-10)13(20)11(8-18)12-2-1-7-19-12/h3-6,19H,1-2,7H2/b12-11-. The lowest BCUT2D eigenvalue weighted by atomic mass is 10.0. The zero-order valence-corrected chi connectivity index (χ0v) is 10.8. The van der Waals surface area contributed by atoms with E-state index >= 15 is 0 Å². The molecule has 1 aliphatic rings. The molecule has 1 N–H and O–H groups in total. The first kappa shape index (κ1) is 14.9. The third-order valence-electron chi connectivity index (χ3n) is 2.93. The maximum atomic E-state index is 12.2. The van der Waals surface area contributed by atoms with E-state index in [1.54, 1.807) is 0 Å². The molecular formula is C14H11F3N2O2. The van der Waals surface area contributed by atoms with E-state index in [0.717, 1.165) is 18.6 Å². The third-order valence-corrected chi connectivity index (χ3v) is 2.93. The predicted molar refractivity (Wildman–Crippen MR) is 67.3 cm³/mol. The summed E-state index contributed by atoms with van der Waals surface area (Å²) in [6.45, 7) is 0.701. The van der Waals surface area contributed by atoms with E-state index in [0.29, 0.717) is 18.7 Å². The summed E-state index contributed by atoms with van der Waals surface area (Å²) in [5.74, 6) is -0.926. The predicted octanol–water partition coefficient (Wildman–Crippen LogP) is 2.93. The van der Waals surface area contributed by atoms with E-state index in [-0.39, 0.29) is 11.1 Å². The number of hydrogen-bond acceptors (Lipinski definition) is 4. The van der Waals surface area contributed by atoms with Gasteiger partial charge in [-0.05, 0) is 37.1 Å². The first-order chi connectivity index (χ1) is 9.90. The number of alkyl halides is 3. The molecule has 0 saturated carbocycles. The maximum Gasteiger partial charge on any atom is 0.573 e. The Hall–Kier alpha value is -2.49. The minimum Gasteiger partial charge on any atom is -0.406 e. The first-order valence-corrected chi connectivity index (χ1v) is 6.18. The molecule has 1 fully saturated rings. The Morgan fingerprint density at radius 2 is 1.95 bits per heavy atom. The van der Waals surface area contributed by atoms with Gasteiger partial charge in [-0.2, -0.15) is 5.26 Å². The van der Waals surface area contributed by atoms with Crippen molar-refractivity contribution in [1.82, 2.24) is 5.32 Å². The Balaban J connectivity index is 2.20. The van der Waals surface area contributed by atoms with Crippen molar-refractivity contribution in [2.45, 2.75) is 19.2 Å². The molecule has 1 heterocycles. The van der Waals surface area contributed by atoms with Crippen molar-refractivity contribution in [2.24, 2.45) is 0 Å². The minimum absolute atomic E-state index is 0.00279. The molecule has 7 heteroatoms. The summed E-state index contributed by atoms with van der Waals surface area (Å²) in [5, 5.41) is 12.0. The van der Waals surface area contributed by atoms with Crippen LogP contribution >= 0.6 is 0 Å². The molecular weight excluding hydrogens is 285 g/mol. The van der Waals surface area contributed by atoms with Crippen LogP contribution in [0.25, 0.3) is 0 Å². The molecule has 0 spiro atoms. The van der Waals surface area contributed by atoms with Crippen LogP contribution in [-0.4, -0.2) is 18.7 Å². The highest BCUT2D eigenvalue weighted by Gasteiger charge is 2.31. The Labute approximate surface area is 118 Å². The number of halogens is 3. The van der Waals surface area contributed by atoms with E-state index < -0.39 is 17.9 Å². The summed E-state index contributed by atoms with van der Waals surface area (Å²) in [7, 11) is 0. The van der Waals surface area contributed by atoms with Crippen molar-refractivity contribution in [3.8, 4) is 11.8 Å². The number of ether oxygens (including phenoxy) is 1. The van der Waals surface area contributed by atoms with Gasteiger partial charge in [0.2, 0.25) is 5.78 Å². The van der Waals surface area contributed by atoms with Crippen molar-refractivity contribution in [3.63, 3.8) is 0 Å². The summed E-state index contributed by atoms with van der Waals surface area (Å²) in [6, 6.07) is 6.35. The van der Waals surface area contributed by atoms with Gasteiger partial charge < -0.3 is 10.1 Å². The topological polar surface area (TPSA) is 62.1 Å². The molecule has 1 aliphatic heterocycles. The minimum atomic E-state index is -4.78. The fourth-order valence-corrected chi connectivity index (χ4v) is 2.01. The van der Waals surface area contributed by atoms with Gasteiger partial charge in [0.25, 0.3) is 0 Å². The summed E-state index contributed by atoms with van der Waals surface area (Å²) < 4.78 is 39.8. The number of Topliss-reactive ketones (excluding diaryl/α,β-unsaturated/α-hetero) is 1. The van der Waals surface area contributed by atoms with Crippen LogP contribution in [0.2, 0.25) is 0 Å². The van der Waals surface area contributed by atoms with Crippen LogP contribution in [0.3, 0.4) is 0 Å². The molecule has 1 saturated heterocycles. The molecule has 21 heavy (non-hydrogen) atoms. The summed E-state index contributed by atoms with van der Waals surface area (Å²) in [6.07, 6.45) is -3.32. The van der Waals surface area contributed by atoms with Gasteiger partial charge in [0.1, 0.15) is 17.4 Å². The van der Waals surface area contributed by atoms with Crippen LogP contribution in [0.15, 0.2) is 35.5 Å². The van der Waals surface area contributed by atoms with Gasteiger partial charge in [-0.3, -0.25) is 4.79 Å². The number of hydrogen-bond donors (Lipinski definition) is 1. The number of ketones is 1. The first-order valence-electron chi connectivity index (χ1n) is 6.18. The van der Waals surface area contributed by atoms with Crippen LogP contribution in [0.4, 0.5) is 13.2 Å².